The number of anilines is 1. The Morgan fingerprint density at radius 2 is 2.04 bits per heavy atom. The number of carbonyl (C=O) groups excluding carboxylic acids is 1. The van der Waals surface area contributed by atoms with Crippen LogP contribution in [0, 0.1) is 0 Å². The summed E-state index contributed by atoms with van der Waals surface area (Å²) in [6.07, 6.45) is 0. The SMILES string of the molecule is CC(Sc1nnc(-c2cccs2)n1C)C(=O)Nc1ccc(Br)cc1. The fourth-order valence-corrected chi connectivity index (χ4v) is 3.85. The molecule has 1 amide bonds. The fourth-order valence-electron chi connectivity index (χ4n) is 2.03. The molecule has 124 valence electrons. The van der Waals surface area contributed by atoms with Gasteiger partial charge >= 0.3 is 0 Å². The number of rotatable bonds is 5. The van der Waals surface area contributed by atoms with E-state index in [0.29, 0.717) is 0 Å². The van der Waals surface area contributed by atoms with Gasteiger partial charge in [-0.2, -0.15) is 0 Å². The molecule has 8 heteroatoms. The molecule has 0 aliphatic carbocycles. The van der Waals surface area contributed by atoms with Gasteiger partial charge in [0, 0.05) is 17.2 Å². The summed E-state index contributed by atoms with van der Waals surface area (Å²) >= 11 is 6.38. The average molecular weight is 423 g/mol. The van der Waals surface area contributed by atoms with Gasteiger partial charge in [0.2, 0.25) is 5.91 Å². The van der Waals surface area contributed by atoms with Crippen LogP contribution in [0.2, 0.25) is 0 Å². The minimum atomic E-state index is -0.285. The zero-order valence-corrected chi connectivity index (χ0v) is 16.3. The van der Waals surface area contributed by atoms with Gasteiger partial charge in [-0.15, -0.1) is 21.5 Å². The van der Waals surface area contributed by atoms with E-state index in [1.165, 1.54) is 11.8 Å². The molecule has 0 fully saturated rings. The molecule has 0 bridgehead atoms. The van der Waals surface area contributed by atoms with Crippen LogP contribution in [0.25, 0.3) is 10.7 Å². The minimum Gasteiger partial charge on any atom is -0.325 e. The summed E-state index contributed by atoms with van der Waals surface area (Å²) in [5.41, 5.74) is 0.771. The van der Waals surface area contributed by atoms with E-state index in [9.17, 15) is 4.79 Å². The van der Waals surface area contributed by atoms with E-state index in [0.717, 1.165) is 26.0 Å². The van der Waals surface area contributed by atoms with Crippen LogP contribution < -0.4 is 5.32 Å². The molecule has 5 nitrogen and oxygen atoms in total. The highest BCUT2D eigenvalue weighted by atomic mass is 79.9. The first-order chi connectivity index (χ1) is 11.5. The quantitative estimate of drug-likeness (QED) is 0.617. The number of carbonyl (C=O) groups is 1. The van der Waals surface area contributed by atoms with Crippen molar-refractivity contribution in [1.82, 2.24) is 14.8 Å². The molecule has 0 saturated carbocycles. The van der Waals surface area contributed by atoms with Crippen LogP contribution in [0.1, 0.15) is 6.92 Å². The lowest BCUT2D eigenvalue weighted by molar-refractivity contribution is -0.115. The van der Waals surface area contributed by atoms with E-state index >= 15 is 0 Å². The number of amides is 1. The molecule has 3 rings (SSSR count). The number of nitrogens with one attached hydrogen (secondary N) is 1. The molecule has 1 aromatic carbocycles. The van der Waals surface area contributed by atoms with Crippen molar-refractivity contribution in [2.45, 2.75) is 17.3 Å². The summed E-state index contributed by atoms with van der Waals surface area (Å²) in [6.45, 7) is 1.86. The van der Waals surface area contributed by atoms with Gasteiger partial charge in [-0.05, 0) is 42.6 Å². The maximum atomic E-state index is 12.3. The second kappa shape index (κ2) is 7.50. The zero-order chi connectivity index (χ0) is 17.1. The Balaban J connectivity index is 1.67. The van der Waals surface area contributed by atoms with Gasteiger partial charge in [0.15, 0.2) is 11.0 Å². The minimum absolute atomic E-state index is 0.0667. The number of thioether (sulfide) groups is 1. The summed E-state index contributed by atoms with van der Waals surface area (Å²) in [6, 6.07) is 11.5. The van der Waals surface area contributed by atoms with E-state index < -0.39 is 0 Å². The standard InChI is InChI=1S/C16H15BrN4OS2/c1-10(15(22)18-12-7-5-11(17)6-8-12)24-16-20-19-14(21(16)2)13-4-3-9-23-13/h3-10H,1-2H3,(H,18,22). The predicted molar refractivity (Wildman–Crippen MR) is 102 cm³/mol. The molecule has 0 aliphatic heterocycles. The van der Waals surface area contributed by atoms with Gasteiger partial charge in [0.05, 0.1) is 10.1 Å². The average Bonchev–Trinajstić information content (AvgIpc) is 3.20. The first-order valence-corrected chi connectivity index (χ1v) is 9.76. The highest BCUT2D eigenvalue weighted by Gasteiger charge is 2.19. The molecule has 0 radical (unpaired) electrons. The van der Waals surface area contributed by atoms with E-state index in [4.69, 9.17) is 0 Å². The van der Waals surface area contributed by atoms with Crippen molar-refractivity contribution >= 4 is 50.6 Å². The molecule has 1 atom stereocenters. The predicted octanol–water partition coefficient (Wildman–Crippen LogP) is 4.43. The number of hydrogen-bond donors (Lipinski definition) is 1. The smallest absolute Gasteiger partial charge is 0.237 e. The monoisotopic (exact) mass is 422 g/mol. The molecule has 3 aromatic rings. The molecular weight excluding hydrogens is 408 g/mol. The lowest BCUT2D eigenvalue weighted by Crippen LogP contribution is -2.22. The van der Waals surface area contributed by atoms with Crippen molar-refractivity contribution in [3.05, 3.63) is 46.3 Å². The Bertz CT molecular complexity index is 830. The number of halogens is 1. The van der Waals surface area contributed by atoms with E-state index in [2.05, 4.69) is 31.4 Å². The van der Waals surface area contributed by atoms with Crippen LogP contribution in [0.4, 0.5) is 5.69 Å². The number of thiophene rings is 1. The van der Waals surface area contributed by atoms with Crippen LogP contribution in [0.3, 0.4) is 0 Å². The Morgan fingerprint density at radius 1 is 1.29 bits per heavy atom. The molecule has 0 aliphatic rings. The van der Waals surface area contributed by atoms with Crippen molar-refractivity contribution < 1.29 is 4.79 Å². The van der Waals surface area contributed by atoms with Gasteiger partial charge in [-0.3, -0.25) is 4.79 Å². The van der Waals surface area contributed by atoms with Gasteiger partial charge in [0.25, 0.3) is 0 Å². The highest BCUT2D eigenvalue weighted by molar-refractivity contribution is 9.10. The van der Waals surface area contributed by atoms with Crippen LogP contribution in [-0.4, -0.2) is 25.9 Å². The van der Waals surface area contributed by atoms with Gasteiger partial charge in [0.1, 0.15) is 0 Å². The summed E-state index contributed by atoms with van der Waals surface area (Å²) < 4.78 is 2.89. The van der Waals surface area contributed by atoms with Crippen molar-refractivity contribution in [2.24, 2.45) is 7.05 Å². The number of aromatic nitrogens is 3. The lowest BCUT2D eigenvalue weighted by Gasteiger charge is -2.11. The summed E-state index contributed by atoms with van der Waals surface area (Å²) in [4.78, 5) is 13.4. The molecule has 0 saturated heterocycles. The molecule has 1 unspecified atom stereocenters. The van der Waals surface area contributed by atoms with Gasteiger partial charge in [-0.1, -0.05) is 33.8 Å². The lowest BCUT2D eigenvalue weighted by atomic mass is 10.3. The highest BCUT2D eigenvalue weighted by Crippen LogP contribution is 2.28. The van der Waals surface area contributed by atoms with Crippen LogP contribution >= 0.6 is 39.0 Å². The van der Waals surface area contributed by atoms with Crippen molar-refractivity contribution in [2.75, 3.05) is 5.32 Å². The van der Waals surface area contributed by atoms with Crippen molar-refractivity contribution in [3.63, 3.8) is 0 Å². The zero-order valence-electron chi connectivity index (χ0n) is 13.1. The summed E-state index contributed by atoms with van der Waals surface area (Å²) in [5, 5.41) is 13.8. The topological polar surface area (TPSA) is 59.8 Å². The summed E-state index contributed by atoms with van der Waals surface area (Å²) in [5.74, 6) is 0.746. The Hall–Kier alpha value is -1.64. The number of hydrogen-bond acceptors (Lipinski definition) is 5. The number of benzene rings is 1. The molecule has 0 spiro atoms. The normalized spacial score (nSPS) is 12.1. The van der Waals surface area contributed by atoms with E-state index in [1.807, 2.05) is 60.3 Å². The van der Waals surface area contributed by atoms with Crippen molar-refractivity contribution in [1.29, 1.82) is 0 Å². The molecule has 1 N–H and O–H groups in total. The fraction of sp³-hybridized carbons (Fsp3) is 0.188. The Morgan fingerprint density at radius 3 is 2.71 bits per heavy atom. The molecular formula is C16H15BrN4OS2. The molecule has 24 heavy (non-hydrogen) atoms. The third-order valence-electron chi connectivity index (χ3n) is 3.34. The Kier molecular flexibility index (Phi) is 5.37. The first kappa shape index (κ1) is 17.2. The Labute approximate surface area is 156 Å². The summed E-state index contributed by atoms with van der Waals surface area (Å²) in [7, 11) is 1.91. The van der Waals surface area contributed by atoms with E-state index in [1.54, 1.807) is 11.3 Å². The third kappa shape index (κ3) is 3.88. The van der Waals surface area contributed by atoms with Crippen molar-refractivity contribution in [3.8, 4) is 10.7 Å². The van der Waals surface area contributed by atoms with E-state index in [-0.39, 0.29) is 11.2 Å². The first-order valence-electron chi connectivity index (χ1n) is 7.21. The second-order valence-corrected chi connectivity index (χ2v) is 8.27. The maximum Gasteiger partial charge on any atom is 0.237 e. The van der Waals surface area contributed by atoms with Gasteiger partial charge in [-0.25, -0.2) is 0 Å². The third-order valence-corrected chi connectivity index (χ3v) is 5.87. The maximum absolute atomic E-state index is 12.3. The largest absolute Gasteiger partial charge is 0.325 e. The number of nitrogens with zero attached hydrogens (tertiary/aromatic N) is 3. The molecule has 2 aromatic heterocycles. The van der Waals surface area contributed by atoms with Crippen LogP contribution in [-0.2, 0) is 11.8 Å². The van der Waals surface area contributed by atoms with Crippen LogP contribution in [0.5, 0.6) is 0 Å². The van der Waals surface area contributed by atoms with Crippen LogP contribution in [0.15, 0.2) is 51.4 Å². The molecule has 2 heterocycles. The van der Waals surface area contributed by atoms with Gasteiger partial charge < -0.3 is 9.88 Å². The second-order valence-electron chi connectivity index (χ2n) is 5.10.